The van der Waals surface area contributed by atoms with Crippen LogP contribution < -0.4 is 15.4 Å². The highest BCUT2D eigenvalue weighted by molar-refractivity contribution is 5.96. The predicted molar refractivity (Wildman–Crippen MR) is 64.3 cm³/mol. The molecule has 2 N–H and O–H groups in total. The fourth-order valence-electron chi connectivity index (χ4n) is 1.85. The molecule has 0 radical (unpaired) electrons. The van der Waals surface area contributed by atoms with Crippen molar-refractivity contribution in [2.24, 2.45) is 0 Å². The first-order valence-electron chi connectivity index (χ1n) is 5.77. The van der Waals surface area contributed by atoms with Crippen molar-refractivity contribution < 1.29 is 14.3 Å². The molecule has 6 heteroatoms. The summed E-state index contributed by atoms with van der Waals surface area (Å²) in [7, 11) is 1.47. The van der Waals surface area contributed by atoms with Gasteiger partial charge in [-0.3, -0.25) is 9.59 Å². The number of amides is 2. The Kier molecular flexibility index (Phi) is 3.76. The van der Waals surface area contributed by atoms with E-state index in [0.29, 0.717) is 30.8 Å². The molecule has 96 valence electrons. The Morgan fingerprint density at radius 2 is 2.44 bits per heavy atom. The van der Waals surface area contributed by atoms with E-state index in [0.717, 1.165) is 0 Å². The molecular weight excluding hydrogens is 234 g/mol. The van der Waals surface area contributed by atoms with Crippen LogP contribution in [-0.2, 0) is 4.79 Å². The Morgan fingerprint density at radius 3 is 3.11 bits per heavy atom. The van der Waals surface area contributed by atoms with Crippen molar-refractivity contribution in [1.29, 1.82) is 0 Å². The van der Waals surface area contributed by atoms with Gasteiger partial charge in [0.2, 0.25) is 11.8 Å². The molecule has 0 saturated carbocycles. The number of rotatable bonds is 3. The van der Waals surface area contributed by atoms with Gasteiger partial charge in [0.15, 0.2) is 0 Å². The van der Waals surface area contributed by atoms with Gasteiger partial charge in [0.25, 0.3) is 5.91 Å². The molecule has 1 aliphatic rings. The lowest BCUT2D eigenvalue weighted by molar-refractivity contribution is -0.122. The van der Waals surface area contributed by atoms with Crippen LogP contribution in [0.3, 0.4) is 0 Å². The van der Waals surface area contributed by atoms with Crippen molar-refractivity contribution >= 4 is 11.8 Å². The summed E-state index contributed by atoms with van der Waals surface area (Å²) in [5.74, 6) is 0.0930. The lowest BCUT2D eigenvalue weighted by Crippen LogP contribution is -2.47. The number of methoxy groups -OCH3 is 1. The summed E-state index contributed by atoms with van der Waals surface area (Å²) < 4.78 is 5.03. The zero-order chi connectivity index (χ0) is 13.0. The van der Waals surface area contributed by atoms with Crippen molar-refractivity contribution in [3.63, 3.8) is 0 Å². The third-order valence-electron chi connectivity index (χ3n) is 2.81. The highest BCUT2D eigenvalue weighted by Gasteiger charge is 2.21. The summed E-state index contributed by atoms with van der Waals surface area (Å²) >= 11 is 0. The summed E-state index contributed by atoms with van der Waals surface area (Å²) in [5, 5.41) is 5.57. The third kappa shape index (κ3) is 2.77. The predicted octanol–water partition coefficient (Wildman–Crippen LogP) is 0.0986. The summed E-state index contributed by atoms with van der Waals surface area (Å²) in [5.41, 5.74) is 0.400. The van der Waals surface area contributed by atoms with Gasteiger partial charge in [0.1, 0.15) is 5.56 Å². The number of nitrogens with one attached hydrogen (secondary N) is 2. The van der Waals surface area contributed by atoms with E-state index < -0.39 is 0 Å². The molecule has 1 aromatic rings. The van der Waals surface area contributed by atoms with Crippen LogP contribution in [0, 0.1) is 0 Å². The second kappa shape index (κ2) is 5.48. The highest BCUT2D eigenvalue weighted by Crippen LogP contribution is 2.14. The summed E-state index contributed by atoms with van der Waals surface area (Å²) in [6, 6.07) is 3.29. The van der Waals surface area contributed by atoms with Gasteiger partial charge in [0.05, 0.1) is 7.11 Å². The first-order chi connectivity index (χ1) is 8.70. The maximum atomic E-state index is 12.0. The van der Waals surface area contributed by atoms with Crippen molar-refractivity contribution in [1.82, 2.24) is 15.6 Å². The smallest absolute Gasteiger partial charge is 0.257 e. The average molecular weight is 249 g/mol. The molecule has 2 heterocycles. The van der Waals surface area contributed by atoms with E-state index >= 15 is 0 Å². The lowest BCUT2D eigenvalue weighted by atomic mass is 10.1. The van der Waals surface area contributed by atoms with Crippen LogP contribution in [0.2, 0.25) is 0 Å². The molecular formula is C12H15N3O3. The maximum absolute atomic E-state index is 12.0. The molecule has 1 aromatic heterocycles. The van der Waals surface area contributed by atoms with E-state index in [1.54, 1.807) is 18.3 Å². The molecule has 0 aliphatic carbocycles. The number of ether oxygens (including phenoxy) is 1. The van der Waals surface area contributed by atoms with Crippen LogP contribution in [0.5, 0.6) is 5.88 Å². The van der Waals surface area contributed by atoms with Crippen molar-refractivity contribution in [3.05, 3.63) is 23.9 Å². The molecule has 6 nitrogen and oxygen atoms in total. The molecule has 0 spiro atoms. The lowest BCUT2D eigenvalue weighted by Gasteiger charge is -2.23. The van der Waals surface area contributed by atoms with Crippen LogP contribution in [0.25, 0.3) is 0 Å². The minimum absolute atomic E-state index is 0.0273. The molecule has 1 saturated heterocycles. The second-order valence-electron chi connectivity index (χ2n) is 4.07. The summed E-state index contributed by atoms with van der Waals surface area (Å²) in [4.78, 5) is 27.0. The van der Waals surface area contributed by atoms with Crippen molar-refractivity contribution in [2.75, 3.05) is 13.7 Å². The molecule has 2 rings (SSSR count). The fraction of sp³-hybridized carbons (Fsp3) is 0.417. The van der Waals surface area contributed by atoms with E-state index in [1.807, 2.05) is 0 Å². The number of carbonyl (C=O) groups excluding carboxylic acids is 2. The quantitative estimate of drug-likeness (QED) is 0.796. The van der Waals surface area contributed by atoms with Crippen LogP contribution in [-0.4, -0.2) is 36.5 Å². The van der Waals surface area contributed by atoms with E-state index in [2.05, 4.69) is 15.6 Å². The average Bonchev–Trinajstić information content (AvgIpc) is 2.41. The van der Waals surface area contributed by atoms with Gasteiger partial charge in [-0.1, -0.05) is 0 Å². The molecule has 0 bridgehead atoms. The minimum Gasteiger partial charge on any atom is -0.480 e. The van der Waals surface area contributed by atoms with E-state index in [4.69, 9.17) is 4.74 Å². The molecule has 1 unspecified atom stereocenters. The number of aromatic nitrogens is 1. The van der Waals surface area contributed by atoms with Crippen LogP contribution in [0.1, 0.15) is 23.2 Å². The van der Waals surface area contributed by atoms with Gasteiger partial charge < -0.3 is 15.4 Å². The normalized spacial score (nSPS) is 18.9. The maximum Gasteiger partial charge on any atom is 0.257 e. The van der Waals surface area contributed by atoms with E-state index in [9.17, 15) is 9.59 Å². The van der Waals surface area contributed by atoms with Crippen molar-refractivity contribution in [3.8, 4) is 5.88 Å². The molecule has 2 amide bonds. The van der Waals surface area contributed by atoms with Crippen LogP contribution >= 0.6 is 0 Å². The molecule has 1 atom stereocenters. The molecule has 1 fully saturated rings. The molecule has 0 aromatic carbocycles. The van der Waals surface area contributed by atoms with Gasteiger partial charge in [-0.15, -0.1) is 0 Å². The molecule has 18 heavy (non-hydrogen) atoms. The van der Waals surface area contributed by atoms with Crippen molar-refractivity contribution in [2.45, 2.75) is 18.9 Å². The zero-order valence-electron chi connectivity index (χ0n) is 10.1. The SMILES string of the molecule is COc1ncccc1C(=O)NC1CCC(=O)NC1. The number of carbonyl (C=O) groups is 2. The first kappa shape index (κ1) is 12.3. The number of hydrogen-bond acceptors (Lipinski definition) is 4. The Morgan fingerprint density at radius 1 is 1.61 bits per heavy atom. The van der Waals surface area contributed by atoms with Crippen LogP contribution in [0.4, 0.5) is 0 Å². The number of piperidine rings is 1. The van der Waals surface area contributed by atoms with Gasteiger partial charge in [-0.2, -0.15) is 0 Å². The minimum atomic E-state index is -0.235. The number of nitrogens with zero attached hydrogens (tertiary/aromatic N) is 1. The van der Waals surface area contributed by atoms with E-state index in [1.165, 1.54) is 7.11 Å². The van der Waals surface area contributed by atoms with Gasteiger partial charge in [-0.05, 0) is 18.6 Å². The zero-order valence-corrected chi connectivity index (χ0v) is 10.1. The standard InChI is InChI=1S/C12H15N3O3/c1-18-12-9(3-2-6-13-12)11(17)15-8-4-5-10(16)14-7-8/h2-3,6,8H,4-5,7H2,1H3,(H,14,16)(H,15,17). The Hall–Kier alpha value is -2.11. The Labute approximate surface area is 105 Å². The number of hydrogen-bond donors (Lipinski definition) is 2. The Balaban J connectivity index is 2.01. The topological polar surface area (TPSA) is 80.3 Å². The number of pyridine rings is 1. The highest BCUT2D eigenvalue weighted by atomic mass is 16.5. The van der Waals surface area contributed by atoms with Crippen LogP contribution in [0.15, 0.2) is 18.3 Å². The summed E-state index contributed by atoms with van der Waals surface area (Å²) in [6.07, 6.45) is 2.66. The second-order valence-corrected chi connectivity index (χ2v) is 4.07. The van der Waals surface area contributed by atoms with Gasteiger partial charge >= 0.3 is 0 Å². The van der Waals surface area contributed by atoms with Gasteiger partial charge in [0, 0.05) is 25.2 Å². The monoisotopic (exact) mass is 249 g/mol. The van der Waals surface area contributed by atoms with Gasteiger partial charge in [-0.25, -0.2) is 4.98 Å². The first-order valence-corrected chi connectivity index (χ1v) is 5.77. The summed E-state index contributed by atoms with van der Waals surface area (Å²) in [6.45, 7) is 0.465. The third-order valence-corrected chi connectivity index (χ3v) is 2.81. The molecule has 1 aliphatic heterocycles. The fourth-order valence-corrected chi connectivity index (χ4v) is 1.85. The Bertz CT molecular complexity index is 452. The largest absolute Gasteiger partial charge is 0.480 e. The van der Waals surface area contributed by atoms with E-state index in [-0.39, 0.29) is 17.9 Å².